The van der Waals surface area contributed by atoms with Gasteiger partial charge in [-0.3, -0.25) is 4.79 Å². The van der Waals surface area contributed by atoms with Crippen LogP contribution in [0, 0.1) is 12.3 Å². The van der Waals surface area contributed by atoms with E-state index in [1.807, 2.05) is 0 Å². The molecule has 68 valence electrons. The largest absolute Gasteiger partial charge is 0.327 e. The number of hydrogen-bond donors (Lipinski definition) is 0. The van der Waals surface area contributed by atoms with E-state index in [9.17, 15) is 4.79 Å². The highest BCUT2D eigenvalue weighted by Crippen LogP contribution is 2.04. The average Bonchev–Trinajstić information content (AvgIpc) is 2.67. The van der Waals surface area contributed by atoms with Crippen LogP contribution in [0.1, 0.15) is 17.4 Å². The zero-order valence-corrected chi connectivity index (χ0v) is 8.21. The van der Waals surface area contributed by atoms with Gasteiger partial charge in [-0.2, -0.15) is 0 Å². The first-order chi connectivity index (χ1) is 6.16. The minimum Gasteiger partial charge on any atom is -0.327 e. The molecule has 1 heterocycles. The fraction of sp³-hybridized carbons (Fsp3) is 0.375. The summed E-state index contributed by atoms with van der Waals surface area (Å²) in [5.74, 6) is 2.27. The van der Waals surface area contributed by atoms with Gasteiger partial charge < -0.3 is 4.90 Å². The second-order valence-corrected chi connectivity index (χ2v) is 3.16. The summed E-state index contributed by atoms with van der Waals surface area (Å²) in [6, 6.07) is -0.228. The van der Waals surface area contributed by atoms with Crippen molar-refractivity contribution in [1.29, 1.82) is 0 Å². The molecule has 4 nitrogen and oxygen atoms in total. The summed E-state index contributed by atoms with van der Waals surface area (Å²) in [7, 11) is 1.65. The van der Waals surface area contributed by atoms with Crippen LogP contribution in [0.3, 0.4) is 0 Å². The molecule has 1 atom stereocenters. The van der Waals surface area contributed by atoms with Crippen LogP contribution in [0.5, 0.6) is 0 Å². The van der Waals surface area contributed by atoms with Gasteiger partial charge in [-0.05, 0) is 18.5 Å². The number of carbonyl (C=O) groups is 1. The SMILES string of the molecule is C#CC(C)N(C)C(=O)c1csnn1. The number of aromatic nitrogens is 2. The molecule has 0 saturated heterocycles. The van der Waals surface area contributed by atoms with Crippen molar-refractivity contribution >= 4 is 17.4 Å². The molecule has 13 heavy (non-hydrogen) atoms. The molecule has 0 fully saturated rings. The van der Waals surface area contributed by atoms with Gasteiger partial charge >= 0.3 is 0 Å². The summed E-state index contributed by atoms with van der Waals surface area (Å²) in [5.41, 5.74) is 0.342. The lowest BCUT2D eigenvalue weighted by Gasteiger charge is -2.18. The molecule has 1 rings (SSSR count). The molecule has 1 unspecified atom stereocenters. The van der Waals surface area contributed by atoms with Gasteiger partial charge in [-0.1, -0.05) is 10.4 Å². The Hall–Kier alpha value is -1.41. The molecule has 0 aliphatic heterocycles. The third-order valence-corrected chi connectivity index (χ3v) is 2.23. The number of nitrogens with zero attached hydrogens (tertiary/aromatic N) is 3. The Bertz CT molecular complexity index is 328. The molecule has 0 aliphatic carbocycles. The summed E-state index contributed by atoms with van der Waals surface area (Å²) < 4.78 is 3.60. The van der Waals surface area contributed by atoms with Gasteiger partial charge in [0.2, 0.25) is 0 Å². The Labute approximate surface area is 80.7 Å². The van der Waals surface area contributed by atoms with Gasteiger partial charge in [0.05, 0.1) is 6.04 Å². The maximum atomic E-state index is 11.5. The number of amides is 1. The zero-order valence-electron chi connectivity index (χ0n) is 7.39. The monoisotopic (exact) mass is 195 g/mol. The van der Waals surface area contributed by atoms with Crippen LogP contribution < -0.4 is 0 Å². The lowest BCUT2D eigenvalue weighted by Crippen LogP contribution is -2.34. The predicted molar refractivity (Wildman–Crippen MR) is 50.3 cm³/mol. The first kappa shape index (κ1) is 9.68. The van der Waals surface area contributed by atoms with Crippen molar-refractivity contribution in [1.82, 2.24) is 14.5 Å². The molecule has 0 spiro atoms. The van der Waals surface area contributed by atoms with Crippen LogP contribution >= 0.6 is 11.5 Å². The summed E-state index contributed by atoms with van der Waals surface area (Å²) in [6.07, 6.45) is 5.19. The smallest absolute Gasteiger partial charge is 0.276 e. The number of hydrogen-bond acceptors (Lipinski definition) is 4. The summed E-state index contributed by atoms with van der Waals surface area (Å²) in [5, 5.41) is 5.26. The van der Waals surface area contributed by atoms with E-state index >= 15 is 0 Å². The quantitative estimate of drug-likeness (QED) is 0.650. The third-order valence-electron chi connectivity index (χ3n) is 1.72. The fourth-order valence-electron chi connectivity index (χ4n) is 0.726. The van der Waals surface area contributed by atoms with Crippen LogP contribution in [-0.2, 0) is 0 Å². The van der Waals surface area contributed by atoms with E-state index in [2.05, 4.69) is 15.5 Å². The molecule has 0 N–H and O–H groups in total. The van der Waals surface area contributed by atoms with E-state index in [1.54, 1.807) is 19.4 Å². The highest BCUT2D eigenvalue weighted by Gasteiger charge is 2.17. The van der Waals surface area contributed by atoms with Gasteiger partial charge in [-0.25, -0.2) is 0 Å². The van der Waals surface area contributed by atoms with E-state index in [-0.39, 0.29) is 11.9 Å². The van der Waals surface area contributed by atoms with Crippen molar-refractivity contribution in [3.63, 3.8) is 0 Å². The molecular weight excluding hydrogens is 186 g/mol. The first-order valence-corrected chi connectivity index (χ1v) is 4.50. The molecule has 0 saturated carbocycles. The topological polar surface area (TPSA) is 46.1 Å². The van der Waals surface area contributed by atoms with Gasteiger partial charge in [-0.15, -0.1) is 11.5 Å². The maximum Gasteiger partial charge on any atom is 0.276 e. The first-order valence-electron chi connectivity index (χ1n) is 3.67. The van der Waals surface area contributed by atoms with Crippen molar-refractivity contribution in [2.75, 3.05) is 7.05 Å². The van der Waals surface area contributed by atoms with Crippen molar-refractivity contribution in [2.45, 2.75) is 13.0 Å². The van der Waals surface area contributed by atoms with Crippen LogP contribution in [0.25, 0.3) is 0 Å². The van der Waals surface area contributed by atoms with Crippen molar-refractivity contribution in [2.24, 2.45) is 0 Å². The van der Waals surface area contributed by atoms with E-state index in [4.69, 9.17) is 6.42 Å². The van der Waals surface area contributed by atoms with Crippen LogP contribution in [0.15, 0.2) is 5.38 Å². The van der Waals surface area contributed by atoms with Crippen LogP contribution in [0.2, 0.25) is 0 Å². The van der Waals surface area contributed by atoms with Gasteiger partial charge in [0.1, 0.15) is 0 Å². The Morgan fingerprint density at radius 3 is 3.00 bits per heavy atom. The highest BCUT2D eigenvalue weighted by molar-refractivity contribution is 7.03. The van der Waals surface area contributed by atoms with E-state index in [0.717, 1.165) is 11.5 Å². The van der Waals surface area contributed by atoms with Gasteiger partial charge in [0, 0.05) is 12.4 Å². The molecule has 5 heteroatoms. The van der Waals surface area contributed by atoms with Crippen LogP contribution in [-0.4, -0.2) is 33.5 Å². The van der Waals surface area contributed by atoms with E-state index in [1.165, 1.54) is 4.90 Å². The van der Waals surface area contributed by atoms with E-state index < -0.39 is 0 Å². The summed E-state index contributed by atoms with van der Waals surface area (Å²) in [6.45, 7) is 1.78. The van der Waals surface area contributed by atoms with E-state index in [0.29, 0.717) is 5.69 Å². The Morgan fingerprint density at radius 2 is 2.54 bits per heavy atom. The van der Waals surface area contributed by atoms with Gasteiger partial charge in [0.25, 0.3) is 5.91 Å². The second kappa shape index (κ2) is 4.01. The molecule has 0 aromatic carbocycles. The molecule has 0 radical (unpaired) electrons. The Kier molecular flexibility index (Phi) is 2.98. The van der Waals surface area contributed by atoms with Crippen molar-refractivity contribution in [3.05, 3.63) is 11.1 Å². The standard InChI is InChI=1S/C8H9N3OS/c1-4-6(2)11(3)8(12)7-5-13-10-9-7/h1,5-6H,2-3H3. The molecule has 0 aliphatic rings. The minimum atomic E-state index is -0.228. The molecular formula is C8H9N3OS. The predicted octanol–water partition coefficient (Wildman–Crippen LogP) is 0.632. The number of carbonyl (C=O) groups excluding carboxylic acids is 1. The molecule has 1 aromatic rings. The highest BCUT2D eigenvalue weighted by atomic mass is 32.1. The maximum absolute atomic E-state index is 11.5. The molecule has 1 amide bonds. The van der Waals surface area contributed by atoms with Gasteiger partial charge in [0.15, 0.2) is 5.69 Å². The normalized spacial score (nSPS) is 11.8. The molecule has 0 bridgehead atoms. The van der Waals surface area contributed by atoms with Crippen LogP contribution in [0.4, 0.5) is 0 Å². The lowest BCUT2D eigenvalue weighted by atomic mass is 10.3. The number of rotatable bonds is 2. The Morgan fingerprint density at radius 1 is 1.85 bits per heavy atom. The third kappa shape index (κ3) is 2.04. The number of terminal acetylenes is 1. The van der Waals surface area contributed by atoms with Crippen molar-refractivity contribution in [3.8, 4) is 12.3 Å². The average molecular weight is 195 g/mol. The summed E-state index contributed by atoms with van der Waals surface area (Å²) >= 11 is 1.14. The fourth-order valence-corrected chi connectivity index (χ4v) is 1.16. The van der Waals surface area contributed by atoms with Crippen molar-refractivity contribution < 1.29 is 4.79 Å². The molecule has 1 aromatic heterocycles. The lowest BCUT2D eigenvalue weighted by molar-refractivity contribution is 0.0768. The summed E-state index contributed by atoms with van der Waals surface area (Å²) in [4.78, 5) is 13.0. The minimum absolute atomic E-state index is 0.195. The second-order valence-electron chi connectivity index (χ2n) is 2.55. The zero-order chi connectivity index (χ0) is 9.84. The Balaban J connectivity index is 2.75.